The summed E-state index contributed by atoms with van der Waals surface area (Å²) in [6.07, 6.45) is 4.73. The minimum Gasteiger partial charge on any atom is -0.386 e. The van der Waals surface area contributed by atoms with Gasteiger partial charge in [0.2, 0.25) is 0 Å². The Hall–Kier alpha value is -2.85. The van der Waals surface area contributed by atoms with Gasteiger partial charge in [-0.1, -0.05) is 16.8 Å². The van der Waals surface area contributed by atoms with E-state index >= 15 is 4.39 Å². The molecule has 1 aromatic carbocycles. The fourth-order valence-electron chi connectivity index (χ4n) is 3.95. The van der Waals surface area contributed by atoms with Crippen molar-refractivity contribution in [2.24, 2.45) is 15.1 Å². The van der Waals surface area contributed by atoms with Crippen LogP contribution in [-0.4, -0.2) is 41.7 Å². The van der Waals surface area contributed by atoms with E-state index in [0.717, 1.165) is 12.8 Å². The molecule has 11 heteroatoms. The summed E-state index contributed by atoms with van der Waals surface area (Å²) in [4.78, 5) is 12.8. The Bertz CT molecular complexity index is 1420. The van der Waals surface area contributed by atoms with Gasteiger partial charge in [0.15, 0.2) is 5.76 Å². The molecule has 1 fully saturated rings. The Kier molecular flexibility index (Phi) is 5.29. The van der Waals surface area contributed by atoms with Crippen LogP contribution in [0.4, 0.5) is 4.39 Å². The molecule has 0 spiro atoms. The van der Waals surface area contributed by atoms with E-state index in [9.17, 15) is 4.21 Å². The number of amidine groups is 1. The van der Waals surface area contributed by atoms with Crippen LogP contribution < -0.4 is 5.73 Å². The van der Waals surface area contributed by atoms with Gasteiger partial charge in [0.25, 0.3) is 0 Å². The first kappa shape index (κ1) is 22.9. The zero-order valence-electron chi connectivity index (χ0n) is 19.0. The normalized spacial score (nSPS) is 26.2. The maximum atomic E-state index is 15.2. The van der Waals surface area contributed by atoms with Crippen molar-refractivity contribution in [1.29, 1.82) is 0 Å². The summed E-state index contributed by atoms with van der Waals surface area (Å²) >= 11 is 5.80. The van der Waals surface area contributed by atoms with E-state index in [1.807, 2.05) is 0 Å². The number of halogens is 2. The van der Waals surface area contributed by atoms with Crippen molar-refractivity contribution in [3.05, 3.63) is 53.2 Å². The molecule has 3 heterocycles. The third kappa shape index (κ3) is 3.88. The zero-order chi connectivity index (χ0) is 24.3. The van der Waals surface area contributed by atoms with Gasteiger partial charge in [0, 0.05) is 17.2 Å². The molecule has 1 unspecified atom stereocenters. The number of aliphatic imine (C=N–C) groups is 1. The summed E-state index contributed by atoms with van der Waals surface area (Å²) in [5, 5.41) is 4.31. The Labute approximate surface area is 202 Å². The van der Waals surface area contributed by atoms with Gasteiger partial charge >= 0.3 is 0 Å². The molecule has 178 valence electrons. The second-order valence-electron chi connectivity index (χ2n) is 9.40. The van der Waals surface area contributed by atoms with Crippen LogP contribution in [0.1, 0.15) is 39.2 Å². The lowest BCUT2D eigenvalue weighted by molar-refractivity contribution is 0.434. The summed E-state index contributed by atoms with van der Waals surface area (Å²) in [5.41, 5.74) is 6.96. The first-order valence-corrected chi connectivity index (χ1v) is 12.9. The molecule has 0 bridgehead atoms. The molecule has 2 aromatic heterocycles. The largest absolute Gasteiger partial charge is 0.386 e. The maximum Gasteiger partial charge on any atom is 0.167 e. The summed E-state index contributed by atoms with van der Waals surface area (Å²) in [6, 6.07) is 6.32. The second kappa shape index (κ2) is 7.84. The Morgan fingerprint density at radius 2 is 1.94 bits per heavy atom. The molecule has 1 aliphatic heterocycles. The van der Waals surface area contributed by atoms with Crippen LogP contribution in [0.25, 0.3) is 22.7 Å². The minimum atomic E-state index is -2.80. The van der Waals surface area contributed by atoms with Crippen LogP contribution in [0.2, 0.25) is 5.15 Å². The topological polar surface area (TPSA) is 120 Å². The molecule has 1 aliphatic carbocycles. The smallest absolute Gasteiger partial charge is 0.167 e. The maximum absolute atomic E-state index is 15.2. The van der Waals surface area contributed by atoms with Crippen molar-refractivity contribution in [2.75, 3.05) is 5.75 Å². The Balaban J connectivity index is 1.56. The number of hydrogen-bond donors (Lipinski definition) is 1. The fourth-order valence-corrected chi connectivity index (χ4v) is 6.80. The van der Waals surface area contributed by atoms with Crippen molar-refractivity contribution in [3.63, 3.8) is 0 Å². The number of hydrogen-bond acceptors (Lipinski definition) is 8. The number of benzene rings is 1. The quantitative estimate of drug-likeness (QED) is 0.557. The molecule has 0 amide bonds. The number of nitrogens with zero attached hydrogens (tertiary/aromatic N) is 5. The molecule has 0 radical (unpaired) electrons. The molecule has 2 atom stereocenters. The molecule has 1 saturated carbocycles. The van der Waals surface area contributed by atoms with Crippen molar-refractivity contribution in [1.82, 2.24) is 15.1 Å². The van der Waals surface area contributed by atoms with E-state index in [2.05, 4.69) is 24.5 Å². The first-order chi connectivity index (χ1) is 16.0. The van der Waals surface area contributed by atoms with Crippen LogP contribution >= 0.6 is 11.6 Å². The van der Waals surface area contributed by atoms with Crippen LogP contribution in [0.5, 0.6) is 0 Å². The lowest BCUT2D eigenvalue weighted by Crippen LogP contribution is -2.55. The van der Waals surface area contributed by atoms with E-state index in [4.69, 9.17) is 21.9 Å². The second-order valence-corrected chi connectivity index (χ2v) is 12.6. The highest BCUT2D eigenvalue weighted by molar-refractivity contribution is 7.95. The molecule has 5 rings (SSSR count). The number of rotatable bonds is 4. The average Bonchev–Trinajstić information content (AvgIpc) is 3.44. The third-order valence-corrected chi connectivity index (χ3v) is 9.94. The molecule has 2 aliphatic rings. The first-order valence-electron chi connectivity index (χ1n) is 10.9. The van der Waals surface area contributed by atoms with Gasteiger partial charge in [-0.2, -0.15) is 0 Å². The van der Waals surface area contributed by atoms with Crippen molar-refractivity contribution in [3.8, 4) is 22.7 Å². The van der Waals surface area contributed by atoms with Crippen LogP contribution in [-0.2, 0) is 15.3 Å². The van der Waals surface area contributed by atoms with Crippen LogP contribution in [0.3, 0.4) is 0 Å². The highest BCUT2D eigenvalue weighted by atomic mass is 35.5. The van der Waals surface area contributed by atoms with Gasteiger partial charge in [-0.15, -0.1) is 0 Å². The van der Waals surface area contributed by atoms with Gasteiger partial charge in [0.1, 0.15) is 38.5 Å². The Morgan fingerprint density at radius 1 is 1.18 bits per heavy atom. The summed E-state index contributed by atoms with van der Waals surface area (Å²) in [7, 11) is -2.80. The van der Waals surface area contributed by atoms with Gasteiger partial charge in [0.05, 0.1) is 33.9 Å². The van der Waals surface area contributed by atoms with Crippen molar-refractivity contribution >= 4 is 27.2 Å². The van der Waals surface area contributed by atoms with E-state index in [-0.39, 0.29) is 28.3 Å². The third-order valence-electron chi connectivity index (χ3n) is 6.35. The summed E-state index contributed by atoms with van der Waals surface area (Å²) < 4.78 is 38.5. The monoisotopic (exact) mass is 502 g/mol. The predicted molar refractivity (Wildman–Crippen MR) is 129 cm³/mol. The predicted octanol–water partition coefficient (Wildman–Crippen LogP) is 4.59. The standard InChI is InChI=1S/C23H24ClFN6O2S/c1-22(2)21(26)29-23(3,12-34(22,32)31-14-5-6-14)15-8-13(4-7-16(15)25)19-9-17(30-33-19)18-10-28-20(24)11-27-18/h4,7-11,14H,5-6,12H2,1-3H3,(H2,26,29)/t23-,34?/m0/s1. The average molecular weight is 503 g/mol. The Morgan fingerprint density at radius 3 is 2.62 bits per heavy atom. The minimum absolute atomic E-state index is 0.0710. The van der Waals surface area contributed by atoms with Crippen LogP contribution in [0, 0.1) is 5.82 Å². The van der Waals surface area contributed by atoms with Gasteiger partial charge in [-0.25, -0.2) is 22.9 Å². The highest BCUT2D eigenvalue weighted by Crippen LogP contribution is 2.42. The summed E-state index contributed by atoms with van der Waals surface area (Å²) in [5.74, 6) is 0.225. The van der Waals surface area contributed by atoms with Crippen molar-refractivity contribution in [2.45, 2.75) is 49.9 Å². The number of aromatic nitrogens is 3. The molecular formula is C23H24ClFN6O2S. The fraction of sp³-hybridized carbons (Fsp3) is 0.391. The molecule has 3 aromatic rings. The van der Waals surface area contributed by atoms with E-state index in [1.54, 1.807) is 39.0 Å². The van der Waals surface area contributed by atoms with E-state index < -0.39 is 25.8 Å². The SMILES string of the molecule is CC1(C)C(N)=N[C@](C)(c2cc(-c3cc(-c4cnc(Cl)cn4)no3)ccc2F)CS1(=O)=NC1CC1. The van der Waals surface area contributed by atoms with E-state index in [1.165, 1.54) is 18.5 Å². The molecule has 34 heavy (non-hydrogen) atoms. The lowest BCUT2D eigenvalue weighted by Gasteiger charge is -2.40. The zero-order valence-corrected chi connectivity index (χ0v) is 20.5. The lowest BCUT2D eigenvalue weighted by atomic mass is 9.91. The molecule has 2 N–H and O–H groups in total. The number of nitrogens with two attached hydrogens (primary N) is 1. The van der Waals surface area contributed by atoms with Gasteiger partial charge in [-0.3, -0.25) is 4.99 Å². The van der Waals surface area contributed by atoms with Gasteiger partial charge < -0.3 is 10.3 Å². The molecular weight excluding hydrogens is 479 g/mol. The molecule has 8 nitrogen and oxygen atoms in total. The highest BCUT2D eigenvalue weighted by Gasteiger charge is 2.49. The molecule has 0 saturated heterocycles. The van der Waals surface area contributed by atoms with Crippen LogP contribution in [0.15, 0.2) is 50.5 Å². The van der Waals surface area contributed by atoms with Crippen molar-refractivity contribution < 1.29 is 13.1 Å². The van der Waals surface area contributed by atoms with E-state index in [0.29, 0.717) is 22.7 Å². The van der Waals surface area contributed by atoms with Gasteiger partial charge in [-0.05, 0) is 51.8 Å². The summed E-state index contributed by atoms with van der Waals surface area (Å²) in [6.45, 7) is 5.33.